The van der Waals surface area contributed by atoms with E-state index < -0.39 is 0 Å². The molecule has 1 aromatic carbocycles. The smallest absolute Gasteiger partial charge is 0.0452 e. The predicted octanol–water partition coefficient (Wildman–Crippen LogP) is 2.56. The zero-order chi connectivity index (χ0) is 13.0. The van der Waals surface area contributed by atoms with E-state index in [0.717, 1.165) is 19.5 Å². The van der Waals surface area contributed by atoms with Crippen LogP contribution in [0.4, 0.5) is 0 Å². The molecule has 2 rings (SSSR count). The number of rotatable bonds is 5. The third kappa shape index (κ3) is 3.28. The summed E-state index contributed by atoms with van der Waals surface area (Å²) in [6.45, 7) is 4.51. The van der Waals surface area contributed by atoms with Gasteiger partial charge in [-0.2, -0.15) is 11.8 Å². The van der Waals surface area contributed by atoms with Gasteiger partial charge in [0.2, 0.25) is 0 Å². The van der Waals surface area contributed by atoms with E-state index in [-0.39, 0.29) is 0 Å². The molecule has 1 aliphatic heterocycles. The monoisotopic (exact) mass is 264 g/mol. The molecule has 0 bridgehead atoms. The fourth-order valence-corrected chi connectivity index (χ4v) is 3.33. The van der Waals surface area contributed by atoms with Crippen molar-refractivity contribution in [2.24, 2.45) is 0 Å². The lowest BCUT2D eigenvalue weighted by Gasteiger charge is -2.33. The second-order valence-corrected chi connectivity index (χ2v) is 6.11. The van der Waals surface area contributed by atoms with Gasteiger partial charge in [0.15, 0.2) is 0 Å². The topological polar surface area (TPSA) is 15.3 Å². The number of hydrogen-bond donors (Lipinski definition) is 1. The van der Waals surface area contributed by atoms with Crippen LogP contribution in [0.1, 0.15) is 24.1 Å². The number of fused-ring (bicyclic) bond motifs is 1. The first-order valence-electron chi connectivity index (χ1n) is 6.72. The molecular weight excluding hydrogens is 240 g/mol. The van der Waals surface area contributed by atoms with Crippen LogP contribution >= 0.6 is 11.8 Å². The van der Waals surface area contributed by atoms with Gasteiger partial charge in [-0.05, 0) is 44.3 Å². The van der Waals surface area contributed by atoms with E-state index in [0.29, 0.717) is 12.1 Å². The molecule has 0 radical (unpaired) electrons. The first kappa shape index (κ1) is 13.9. The minimum Gasteiger partial charge on any atom is -0.309 e. The van der Waals surface area contributed by atoms with Crippen molar-refractivity contribution in [3.8, 4) is 0 Å². The Morgan fingerprint density at radius 1 is 1.44 bits per heavy atom. The first-order chi connectivity index (χ1) is 8.72. The molecule has 1 N–H and O–H groups in total. The number of nitrogens with zero attached hydrogens (tertiary/aromatic N) is 1. The Kier molecular flexibility index (Phi) is 5.10. The highest BCUT2D eigenvalue weighted by atomic mass is 32.2. The average molecular weight is 264 g/mol. The highest BCUT2D eigenvalue weighted by molar-refractivity contribution is 7.98. The first-order valence-corrected chi connectivity index (χ1v) is 8.12. The number of nitrogens with one attached hydrogen (secondary N) is 1. The molecule has 2 unspecified atom stereocenters. The van der Waals surface area contributed by atoms with Crippen LogP contribution in [0.15, 0.2) is 24.3 Å². The normalized spacial score (nSPS) is 20.8. The van der Waals surface area contributed by atoms with Gasteiger partial charge in [0, 0.05) is 24.4 Å². The van der Waals surface area contributed by atoms with E-state index in [1.54, 1.807) is 0 Å². The molecule has 0 spiro atoms. The van der Waals surface area contributed by atoms with Gasteiger partial charge in [0.25, 0.3) is 0 Å². The van der Waals surface area contributed by atoms with E-state index in [1.807, 2.05) is 11.8 Å². The van der Waals surface area contributed by atoms with Crippen LogP contribution in [-0.4, -0.2) is 43.1 Å². The predicted molar refractivity (Wildman–Crippen MR) is 81.4 cm³/mol. The van der Waals surface area contributed by atoms with Gasteiger partial charge < -0.3 is 10.2 Å². The lowest BCUT2D eigenvalue weighted by molar-refractivity contribution is 0.242. The molecule has 1 aromatic rings. The zero-order valence-electron chi connectivity index (χ0n) is 11.6. The van der Waals surface area contributed by atoms with Gasteiger partial charge >= 0.3 is 0 Å². The largest absolute Gasteiger partial charge is 0.309 e. The van der Waals surface area contributed by atoms with Crippen LogP contribution in [0.5, 0.6) is 0 Å². The van der Waals surface area contributed by atoms with Crippen LogP contribution in [0.3, 0.4) is 0 Å². The number of benzene rings is 1. The highest BCUT2D eigenvalue weighted by Gasteiger charge is 2.21. The summed E-state index contributed by atoms with van der Waals surface area (Å²) in [5.74, 6) is 1.20. The van der Waals surface area contributed by atoms with Gasteiger partial charge in [-0.25, -0.2) is 0 Å². The van der Waals surface area contributed by atoms with Crippen molar-refractivity contribution in [1.82, 2.24) is 10.2 Å². The second kappa shape index (κ2) is 6.60. The van der Waals surface area contributed by atoms with Crippen LogP contribution in [-0.2, 0) is 6.42 Å². The SMILES string of the molecule is CSCC(C)N(C)CC1NCCc2ccccc21. The van der Waals surface area contributed by atoms with E-state index in [2.05, 4.69) is 54.7 Å². The Balaban J connectivity index is 2.02. The maximum absolute atomic E-state index is 3.65. The van der Waals surface area contributed by atoms with Gasteiger partial charge in [0.05, 0.1) is 0 Å². The standard InChI is InChI=1S/C15H24N2S/c1-12(11-18-3)17(2)10-15-14-7-5-4-6-13(14)8-9-16-15/h4-7,12,15-16H,8-11H2,1-3H3. The summed E-state index contributed by atoms with van der Waals surface area (Å²) >= 11 is 1.92. The zero-order valence-corrected chi connectivity index (χ0v) is 12.5. The maximum Gasteiger partial charge on any atom is 0.0452 e. The third-order valence-corrected chi connectivity index (χ3v) is 4.66. The third-order valence-electron chi connectivity index (χ3n) is 3.85. The number of likely N-dealkylation sites (N-methyl/N-ethyl adjacent to an activating group) is 1. The van der Waals surface area contributed by atoms with Crippen molar-refractivity contribution in [3.05, 3.63) is 35.4 Å². The average Bonchev–Trinajstić information content (AvgIpc) is 2.39. The number of hydrogen-bond acceptors (Lipinski definition) is 3. The van der Waals surface area contributed by atoms with Crippen molar-refractivity contribution >= 4 is 11.8 Å². The van der Waals surface area contributed by atoms with E-state index in [1.165, 1.54) is 16.9 Å². The molecule has 0 aromatic heterocycles. The Hall–Kier alpha value is -0.510. The molecule has 0 saturated heterocycles. The van der Waals surface area contributed by atoms with E-state index >= 15 is 0 Å². The van der Waals surface area contributed by atoms with Crippen molar-refractivity contribution in [3.63, 3.8) is 0 Å². The summed E-state index contributed by atoms with van der Waals surface area (Å²) in [5.41, 5.74) is 3.01. The van der Waals surface area contributed by atoms with Crippen molar-refractivity contribution in [1.29, 1.82) is 0 Å². The Bertz CT molecular complexity index is 381. The summed E-state index contributed by atoms with van der Waals surface area (Å²) in [4.78, 5) is 2.47. The molecule has 0 amide bonds. The van der Waals surface area contributed by atoms with Gasteiger partial charge in [-0.1, -0.05) is 24.3 Å². The molecule has 0 saturated carbocycles. The maximum atomic E-state index is 3.65. The van der Waals surface area contributed by atoms with E-state index in [4.69, 9.17) is 0 Å². The summed E-state index contributed by atoms with van der Waals surface area (Å²) in [7, 11) is 2.24. The van der Waals surface area contributed by atoms with Crippen molar-refractivity contribution < 1.29 is 0 Å². The molecule has 3 heteroatoms. The molecule has 0 aliphatic carbocycles. The molecule has 100 valence electrons. The summed E-state index contributed by atoms with van der Waals surface area (Å²) in [6, 6.07) is 9.99. The molecule has 0 fully saturated rings. The van der Waals surface area contributed by atoms with Gasteiger partial charge in [-0.3, -0.25) is 0 Å². The van der Waals surface area contributed by atoms with Crippen LogP contribution in [0.2, 0.25) is 0 Å². The van der Waals surface area contributed by atoms with Gasteiger partial charge in [0.1, 0.15) is 0 Å². The van der Waals surface area contributed by atoms with Crippen LogP contribution < -0.4 is 5.32 Å². The molecule has 1 aliphatic rings. The lowest BCUT2D eigenvalue weighted by atomic mass is 9.94. The summed E-state index contributed by atoms with van der Waals surface area (Å²) in [5, 5.41) is 3.65. The Morgan fingerprint density at radius 2 is 2.22 bits per heavy atom. The lowest BCUT2D eigenvalue weighted by Crippen LogP contribution is -2.41. The molecule has 2 nitrogen and oxygen atoms in total. The molecule has 2 atom stereocenters. The minimum absolute atomic E-state index is 0.490. The van der Waals surface area contributed by atoms with Crippen LogP contribution in [0, 0.1) is 0 Å². The van der Waals surface area contributed by atoms with Gasteiger partial charge in [-0.15, -0.1) is 0 Å². The fraction of sp³-hybridized carbons (Fsp3) is 0.600. The van der Waals surface area contributed by atoms with Crippen molar-refractivity contribution in [2.45, 2.75) is 25.4 Å². The Morgan fingerprint density at radius 3 is 3.00 bits per heavy atom. The van der Waals surface area contributed by atoms with Crippen LogP contribution in [0.25, 0.3) is 0 Å². The molecular formula is C15H24N2S. The Labute approximate surface area is 115 Å². The van der Waals surface area contributed by atoms with Crippen molar-refractivity contribution in [2.75, 3.05) is 32.1 Å². The molecule has 1 heterocycles. The second-order valence-electron chi connectivity index (χ2n) is 5.20. The minimum atomic E-state index is 0.490. The summed E-state index contributed by atoms with van der Waals surface area (Å²) in [6.07, 6.45) is 3.34. The fourth-order valence-electron chi connectivity index (χ4n) is 2.59. The quantitative estimate of drug-likeness (QED) is 0.880. The highest BCUT2D eigenvalue weighted by Crippen LogP contribution is 2.23. The molecule has 18 heavy (non-hydrogen) atoms. The number of thioether (sulfide) groups is 1. The van der Waals surface area contributed by atoms with E-state index in [9.17, 15) is 0 Å². The summed E-state index contributed by atoms with van der Waals surface area (Å²) < 4.78 is 0.